The molecule has 6 nitrogen and oxygen atoms in total. The topological polar surface area (TPSA) is 68.5 Å². The van der Waals surface area contributed by atoms with Crippen LogP contribution in [0.1, 0.15) is 46.0 Å². The number of hydrogen-bond acceptors (Lipinski definition) is 4. The smallest absolute Gasteiger partial charge is 0.249 e. The maximum Gasteiger partial charge on any atom is 0.249 e. The third-order valence-electron chi connectivity index (χ3n) is 3.52. The largest absolute Gasteiger partial charge is 0.369 e. The van der Waals surface area contributed by atoms with Gasteiger partial charge in [0.2, 0.25) is 5.91 Å². The molecule has 0 aliphatic carbocycles. The number of rotatable bonds is 7. The van der Waals surface area contributed by atoms with E-state index in [1.165, 1.54) is 0 Å². The molecule has 6 heteroatoms. The maximum absolute atomic E-state index is 12.2. The van der Waals surface area contributed by atoms with E-state index in [2.05, 4.69) is 29.4 Å². The fourth-order valence-electron chi connectivity index (χ4n) is 2.11. The molecule has 0 saturated carbocycles. The number of ether oxygens (including phenoxy) is 1. The minimum Gasteiger partial charge on any atom is -0.369 e. The average Bonchev–Trinajstić information content (AvgIpc) is 2.90. The summed E-state index contributed by atoms with van der Waals surface area (Å²) in [5.74, 6) is 1.14. The average molecular weight is 304 g/mol. The van der Waals surface area contributed by atoms with Crippen LogP contribution in [0, 0.1) is 5.92 Å². The molecular formula is C16H24N4O2. The number of amides is 1. The number of fused-ring (bicyclic) bond motifs is 1. The van der Waals surface area contributed by atoms with E-state index in [-0.39, 0.29) is 11.9 Å². The highest BCUT2D eigenvalue weighted by atomic mass is 16.5. The van der Waals surface area contributed by atoms with Gasteiger partial charge in [-0.15, -0.1) is 10.2 Å². The summed E-state index contributed by atoms with van der Waals surface area (Å²) in [7, 11) is 0. The van der Waals surface area contributed by atoms with Gasteiger partial charge in [0, 0.05) is 12.8 Å². The van der Waals surface area contributed by atoms with E-state index in [0.29, 0.717) is 18.3 Å². The summed E-state index contributed by atoms with van der Waals surface area (Å²) in [4.78, 5) is 12.2. The van der Waals surface area contributed by atoms with Crippen LogP contribution < -0.4 is 5.32 Å². The van der Waals surface area contributed by atoms with E-state index < -0.39 is 6.10 Å². The second-order valence-corrected chi connectivity index (χ2v) is 5.91. The zero-order valence-electron chi connectivity index (χ0n) is 13.6. The fourth-order valence-corrected chi connectivity index (χ4v) is 2.11. The molecule has 0 bridgehead atoms. The standard InChI is InChI=1S/C16H24N4O2/c1-11(2)8-10-22-13(4)16(21)17-12(3)15-19-18-14-7-5-6-9-20(14)15/h5-7,9,11-13H,8,10H2,1-4H3,(H,17,21)/t12-,13+/m1/s1. The zero-order chi connectivity index (χ0) is 16.1. The molecule has 120 valence electrons. The Morgan fingerprint density at radius 3 is 2.77 bits per heavy atom. The van der Waals surface area contributed by atoms with Crippen LogP contribution in [0.5, 0.6) is 0 Å². The van der Waals surface area contributed by atoms with Crippen molar-refractivity contribution in [1.29, 1.82) is 0 Å². The lowest BCUT2D eigenvalue weighted by Gasteiger charge is -2.17. The van der Waals surface area contributed by atoms with Crippen molar-refractivity contribution < 1.29 is 9.53 Å². The molecule has 2 aromatic heterocycles. The van der Waals surface area contributed by atoms with Crippen molar-refractivity contribution in [2.75, 3.05) is 6.61 Å². The number of pyridine rings is 1. The molecule has 0 fully saturated rings. The van der Waals surface area contributed by atoms with Crippen molar-refractivity contribution in [3.05, 3.63) is 30.2 Å². The van der Waals surface area contributed by atoms with Gasteiger partial charge in [-0.2, -0.15) is 0 Å². The van der Waals surface area contributed by atoms with Crippen LogP contribution in [-0.4, -0.2) is 33.2 Å². The molecule has 0 aromatic carbocycles. The summed E-state index contributed by atoms with van der Waals surface area (Å²) in [6.45, 7) is 8.51. The SMILES string of the molecule is CC(C)CCO[C@@H](C)C(=O)N[C@H](C)c1nnc2ccccn12. The Bertz CT molecular complexity index is 623. The van der Waals surface area contributed by atoms with Gasteiger partial charge < -0.3 is 10.1 Å². The normalized spacial score (nSPS) is 14.2. The van der Waals surface area contributed by atoms with Crippen LogP contribution in [0.4, 0.5) is 0 Å². The van der Waals surface area contributed by atoms with Crippen LogP contribution in [0.3, 0.4) is 0 Å². The predicted molar refractivity (Wildman–Crippen MR) is 84.4 cm³/mol. The lowest BCUT2D eigenvalue weighted by atomic mass is 10.1. The number of aromatic nitrogens is 3. The Morgan fingerprint density at radius 1 is 1.27 bits per heavy atom. The number of hydrogen-bond donors (Lipinski definition) is 1. The number of nitrogens with zero attached hydrogens (tertiary/aromatic N) is 3. The monoisotopic (exact) mass is 304 g/mol. The van der Waals surface area contributed by atoms with Crippen LogP contribution in [0.25, 0.3) is 5.65 Å². The summed E-state index contributed by atoms with van der Waals surface area (Å²) in [5, 5.41) is 11.2. The van der Waals surface area contributed by atoms with Crippen molar-refractivity contribution >= 4 is 11.6 Å². The Kier molecular flexibility index (Phi) is 5.49. The highest BCUT2D eigenvalue weighted by Gasteiger charge is 2.19. The third-order valence-corrected chi connectivity index (χ3v) is 3.52. The summed E-state index contributed by atoms with van der Waals surface area (Å²) in [5.41, 5.74) is 0.764. The number of nitrogens with one attached hydrogen (secondary N) is 1. The molecule has 22 heavy (non-hydrogen) atoms. The molecule has 0 unspecified atom stereocenters. The molecule has 0 saturated heterocycles. The molecule has 2 aromatic rings. The van der Waals surface area contributed by atoms with Crippen molar-refractivity contribution in [3.8, 4) is 0 Å². The van der Waals surface area contributed by atoms with Crippen LogP contribution in [0.2, 0.25) is 0 Å². The summed E-state index contributed by atoms with van der Waals surface area (Å²) < 4.78 is 7.44. The molecule has 0 radical (unpaired) electrons. The molecule has 2 atom stereocenters. The fraction of sp³-hybridized carbons (Fsp3) is 0.562. The molecule has 0 aliphatic rings. The Hall–Kier alpha value is -1.95. The van der Waals surface area contributed by atoms with Gasteiger partial charge in [-0.25, -0.2) is 0 Å². The van der Waals surface area contributed by atoms with Gasteiger partial charge >= 0.3 is 0 Å². The summed E-state index contributed by atoms with van der Waals surface area (Å²) in [6.07, 6.45) is 2.36. The van der Waals surface area contributed by atoms with Crippen LogP contribution >= 0.6 is 0 Å². The van der Waals surface area contributed by atoms with Crippen LogP contribution in [-0.2, 0) is 9.53 Å². The van der Waals surface area contributed by atoms with Gasteiger partial charge in [0.15, 0.2) is 11.5 Å². The van der Waals surface area contributed by atoms with Gasteiger partial charge in [-0.05, 0) is 38.3 Å². The van der Waals surface area contributed by atoms with Gasteiger partial charge in [-0.1, -0.05) is 19.9 Å². The minimum atomic E-state index is -0.472. The second-order valence-electron chi connectivity index (χ2n) is 5.91. The van der Waals surface area contributed by atoms with E-state index in [1.807, 2.05) is 35.7 Å². The van der Waals surface area contributed by atoms with E-state index in [4.69, 9.17) is 4.74 Å². The molecule has 1 N–H and O–H groups in total. The first-order valence-electron chi connectivity index (χ1n) is 7.70. The van der Waals surface area contributed by atoms with E-state index >= 15 is 0 Å². The quantitative estimate of drug-likeness (QED) is 0.852. The second kappa shape index (κ2) is 7.35. The molecule has 1 amide bonds. The third kappa shape index (κ3) is 4.04. The molecule has 0 spiro atoms. The van der Waals surface area contributed by atoms with Gasteiger partial charge in [0.1, 0.15) is 6.10 Å². The lowest BCUT2D eigenvalue weighted by Crippen LogP contribution is -2.37. The van der Waals surface area contributed by atoms with E-state index in [9.17, 15) is 4.79 Å². The predicted octanol–water partition coefficient (Wildman–Crippen LogP) is 2.36. The van der Waals surface area contributed by atoms with E-state index in [0.717, 1.165) is 12.1 Å². The van der Waals surface area contributed by atoms with Crippen molar-refractivity contribution in [2.45, 2.75) is 46.3 Å². The zero-order valence-corrected chi connectivity index (χ0v) is 13.6. The lowest BCUT2D eigenvalue weighted by molar-refractivity contribution is -0.132. The molecule has 0 aliphatic heterocycles. The Balaban J connectivity index is 1.93. The minimum absolute atomic E-state index is 0.135. The van der Waals surface area contributed by atoms with Crippen molar-refractivity contribution in [2.24, 2.45) is 5.92 Å². The molecule has 2 rings (SSSR count). The maximum atomic E-state index is 12.2. The number of carbonyl (C=O) groups excluding carboxylic acids is 1. The van der Waals surface area contributed by atoms with Crippen molar-refractivity contribution in [1.82, 2.24) is 19.9 Å². The molecule has 2 heterocycles. The summed E-state index contributed by atoms with van der Waals surface area (Å²) in [6, 6.07) is 5.46. The molecular weight excluding hydrogens is 280 g/mol. The van der Waals surface area contributed by atoms with Crippen LogP contribution in [0.15, 0.2) is 24.4 Å². The first-order chi connectivity index (χ1) is 10.5. The van der Waals surface area contributed by atoms with Gasteiger partial charge in [-0.3, -0.25) is 9.20 Å². The number of carbonyl (C=O) groups is 1. The van der Waals surface area contributed by atoms with Gasteiger partial charge in [0.05, 0.1) is 6.04 Å². The Morgan fingerprint density at radius 2 is 2.05 bits per heavy atom. The summed E-state index contributed by atoms with van der Waals surface area (Å²) >= 11 is 0. The highest BCUT2D eigenvalue weighted by molar-refractivity contribution is 5.80. The first-order valence-corrected chi connectivity index (χ1v) is 7.70. The Labute approximate surface area is 130 Å². The first kappa shape index (κ1) is 16.4. The highest BCUT2D eigenvalue weighted by Crippen LogP contribution is 2.12. The van der Waals surface area contributed by atoms with Gasteiger partial charge in [0.25, 0.3) is 0 Å². The van der Waals surface area contributed by atoms with Crippen molar-refractivity contribution in [3.63, 3.8) is 0 Å². The van der Waals surface area contributed by atoms with E-state index in [1.54, 1.807) is 6.92 Å².